The van der Waals surface area contributed by atoms with Crippen molar-refractivity contribution in [1.82, 2.24) is 0 Å². The second-order valence-corrected chi connectivity index (χ2v) is 14.9. The second-order valence-electron chi connectivity index (χ2n) is 13.9. The minimum Gasteiger partial charge on any atom is -0.457 e. The van der Waals surface area contributed by atoms with Crippen LogP contribution in [0.15, 0.2) is 85.1 Å². The highest BCUT2D eigenvalue weighted by molar-refractivity contribution is 7.80. The number of esters is 1. The van der Waals surface area contributed by atoms with Gasteiger partial charge in [0.2, 0.25) is 0 Å². The van der Waals surface area contributed by atoms with Crippen molar-refractivity contribution in [3.63, 3.8) is 0 Å². The van der Waals surface area contributed by atoms with E-state index in [9.17, 15) is 28.5 Å². The van der Waals surface area contributed by atoms with E-state index in [1.54, 1.807) is 0 Å². The Morgan fingerprint density at radius 2 is 1.21 bits per heavy atom. The van der Waals surface area contributed by atoms with Crippen molar-refractivity contribution in [2.75, 3.05) is 26.4 Å². The topological polar surface area (TPSA) is 178 Å². The fourth-order valence-corrected chi connectivity index (χ4v) is 6.16. The van der Waals surface area contributed by atoms with Gasteiger partial charge in [-0.2, -0.15) is 8.42 Å². The number of carbonyl (C=O) groups is 1. The maximum absolute atomic E-state index is 12.5. The molecule has 0 amide bonds. The molecule has 326 valence electrons. The summed E-state index contributed by atoms with van der Waals surface area (Å²) in [5.41, 5.74) is 0. The van der Waals surface area contributed by atoms with Crippen LogP contribution >= 0.6 is 0 Å². The molecule has 1 heterocycles. The third kappa shape index (κ3) is 29.2. The summed E-state index contributed by atoms with van der Waals surface area (Å²) >= 11 is 0. The highest BCUT2D eigenvalue weighted by Gasteiger charge is 2.48. The summed E-state index contributed by atoms with van der Waals surface area (Å²) in [4.78, 5) is 12.5. The summed E-state index contributed by atoms with van der Waals surface area (Å²) in [6.07, 6.45) is 37.1. The molecular formula is C44H72O12S. The fourth-order valence-electron chi connectivity index (χ4n) is 5.65. The van der Waals surface area contributed by atoms with Gasteiger partial charge in [0.25, 0.3) is 0 Å². The average molecular weight is 825 g/mol. The van der Waals surface area contributed by atoms with Gasteiger partial charge >= 0.3 is 16.4 Å². The minimum absolute atomic E-state index is 0.0118. The Labute approximate surface area is 343 Å². The molecule has 6 unspecified atom stereocenters. The summed E-state index contributed by atoms with van der Waals surface area (Å²) in [6, 6.07) is 0. The Kier molecular flexibility index (Phi) is 32.3. The van der Waals surface area contributed by atoms with Crippen LogP contribution in [0.4, 0.5) is 0 Å². The third-order valence-corrected chi connectivity index (χ3v) is 9.25. The van der Waals surface area contributed by atoms with Gasteiger partial charge in [0.15, 0.2) is 6.29 Å². The van der Waals surface area contributed by atoms with E-state index in [-0.39, 0.29) is 19.6 Å². The molecule has 1 saturated heterocycles. The summed E-state index contributed by atoms with van der Waals surface area (Å²) in [5, 5.41) is 30.4. The first-order chi connectivity index (χ1) is 27.6. The molecule has 13 heteroatoms. The molecule has 1 aliphatic rings. The fraction of sp³-hybridized carbons (Fsp3) is 0.659. The summed E-state index contributed by atoms with van der Waals surface area (Å²) < 4.78 is 58.5. The Morgan fingerprint density at radius 3 is 1.74 bits per heavy atom. The Morgan fingerprint density at radius 1 is 0.684 bits per heavy atom. The number of aliphatic hydroxyl groups excluding tert-OH is 3. The van der Waals surface area contributed by atoms with Gasteiger partial charge in [-0.05, 0) is 70.6 Å². The smallest absolute Gasteiger partial charge is 0.397 e. The van der Waals surface area contributed by atoms with Crippen LogP contribution in [-0.2, 0) is 38.3 Å². The number of unbranched alkanes of at least 4 members (excludes halogenated alkanes) is 7. The number of ether oxygens (including phenoxy) is 4. The molecule has 0 saturated carbocycles. The molecular weight excluding hydrogens is 753 g/mol. The van der Waals surface area contributed by atoms with Crippen LogP contribution in [0.2, 0.25) is 0 Å². The van der Waals surface area contributed by atoms with Crippen LogP contribution < -0.4 is 0 Å². The maximum atomic E-state index is 12.5. The molecule has 0 bridgehead atoms. The minimum atomic E-state index is -5.06. The van der Waals surface area contributed by atoms with Crippen molar-refractivity contribution in [2.45, 2.75) is 160 Å². The lowest BCUT2D eigenvalue weighted by molar-refractivity contribution is -0.301. The Hall–Kier alpha value is -2.72. The van der Waals surface area contributed by atoms with Gasteiger partial charge in [-0.25, -0.2) is 4.18 Å². The van der Waals surface area contributed by atoms with Gasteiger partial charge < -0.3 is 34.3 Å². The van der Waals surface area contributed by atoms with E-state index >= 15 is 0 Å². The second kappa shape index (κ2) is 35.2. The lowest BCUT2D eigenvalue weighted by Crippen LogP contribution is -2.60. The van der Waals surface area contributed by atoms with E-state index < -0.39 is 59.8 Å². The summed E-state index contributed by atoms with van der Waals surface area (Å²) in [6.45, 7) is 3.63. The Balaban J connectivity index is 2.29. The summed E-state index contributed by atoms with van der Waals surface area (Å²) in [5.74, 6) is -0.432. The zero-order valence-electron chi connectivity index (χ0n) is 34.4. The van der Waals surface area contributed by atoms with Gasteiger partial charge in [-0.15, -0.1) is 0 Å². The maximum Gasteiger partial charge on any atom is 0.397 e. The van der Waals surface area contributed by atoms with Crippen LogP contribution in [0.5, 0.6) is 0 Å². The monoisotopic (exact) mass is 824 g/mol. The van der Waals surface area contributed by atoms with Crippen LogP contribution in [0, 0.1) is 0 Å². The van der Waals surface area contributed by atoms with Gasteiger partial charge in [0.1, 0.15) is 30.5 Å². The normalized spacial score (nSPS) is 21.5. The predicted molar refractivity (Wildman–Crippen MR) is 225 cm³/mol. The predicted octanol–water partition coefficient (Wildman–Crippen LogP) is 8.12. The third-order valence-electron chi connectivity index (χ3n) is 8.78. The molecule has 6 atom stereocenters. The van der Waals surface area contributed by atoms with E-state index in [0.29, 0.717) is 13.0 Å². The van der Waals surface area contributed by atoms with Gasteiger partial charge in [0, 0.05) is 13.0 Å². The molecule has 1 fully saturated rings. The number of hydrogen-bond acceptors (Lipinski definition) is 11. The highest BCUT2D eigenvalue weighted by Crippen LogP contribution is 2.26. The zero-order chi connectivity index (χ0) is 41.8. The number of rotatable bonds is 34. The standard InChI is InChI=1S/C44H72O12S/c1-3-5-7-9-10-11-12-13-14-15-16-17-18-19-20-21-22-23-24-25-26-27-28-29-30-32-34-52-36-38(54-40(46)33-31-8-6-4-2)37-53-44-42(48)43(56-57(49,50)51)41(47)39(35-45)55-44/h5,7,10-11,13-14,16-17,19-20,22-23,25-26,38-39,41-45,47-48H,3-4,6,8-9,12,15,18,21,24,27-37H2,1-2H3,(H,49,50,51)/b7-5-,11-10-,14-13-,17-16-,20-19-,23-22-,26-25-. The van der Waals surface area contributed by atoms with Crippen molar-refractivity contribution >= 4 is 16.4 Å². The molecule has 0 aliphatic carbocycles. The van der Waals surface area contributed by atoms with Crippen molar-refractivity contribution in [3.05, 3.63) is 85.1 Å². The van der Waals surface area contributed by atoms with E-state index in [2.05, 4.69) is 103 Å². The number of hydrogen-bond donors (Lipinski definition) is 4. The van der Waals surface area contributed by atoms with E-state index in [1.807, 2.05) is 0 Å². The van der Waals surface area contributed by atoms with Crippen molar-refractivity contribution in [2.24, 2.45) is 0 Å². The van der Waals surface area contributed by atoms with Crippen LogP contribution in [0.3, 0.4) is 0 Å². The average Bonchev–Trinajstić information content (AvgIpc) is 3.18. The molecule has 0 aromatic carbocycles. The first-order valence-corrected chi connectivity index (χ1v) is 22.2. The van der Waals surface area contributed by atoms with Crippen molar-refractivity contribution in [3.8, 4) is 0 Å². The first-order valence-electron chi connectivity index (χ1n) is 20.8. The van der Waals surface area contributed by atoms with Gasteiger partial charge in [-0.3, -0.25) is 9.35 Å². The van der Waals surface area contributed by atoms with Crippen LogP contribution in [0.25, 0.3) is 0 Å². The molecule has 4 N–H and O–H groups in total. The van der Waals surface area contributed by atoms with E-state index in [4.69, 9.17) is 23.5 Å². The van der Waals surface area contributed by atoms with Crippen molar-refractivity contribution in [1.29, 1.82) is 0 Å². The molecule has 12 nitrogen and oxygen atoms in total. The lowest BCUT2D eigenvalue weighted by atomic mass is 9.99. The molecule has 0 radical (unpaired) electrons. The molecule has 0 spiro atoms. The van der Waals surface area contributed by atoms with Gasteiger partial charge in [0.05, 0.1) is 19.8 Å². The van der Waals surface area contributed by atoms with Crippen molar-refractivity contribution < 1.29 is 56.2 Å². The molecule has 57 heavy (non-hydrogen) atoms. The molecule has 0 aromatic heterocycles. The highest BCUT2D eigenvalue weighted by atomic mass is 32.3. The molecule has 1 aliphatic heterocycles. The largest absolute Gasteiger partial charge is 0.457 e. The first kappa shape index (κ1) is 52.3. The summed E-state index contributed by atoms with van der Waals surface area (Å²) in [7, 11) is -5.06. The van der Waals surface area contributed by atoms with Gasteiger partial charge in [-0.1, -0.05) is 131 Å². The van der Waals surface area contributed by atoms with E-state index in [1.165, 1.54) is 0 Å². The quantitative estimate of drug-likeness (QED) is 0.0212. The zero-order valence-corrected chi connectivity index (χ0v) is 35.2. The van der Waals surface area contributed by atoms with E-state index in [0.717, 1.165) is 96.3 Å². The molecule has 0 aromatic rings. The lowest BCUT2D eigenvalue weighted by Gasteiger charge is -2.41. The Bertz CT molecular complexity index is 1320. The van der Waals surface area contributed by atoms with Crippen LogP contribution in [0.1, 0.15) is 123 Å². The number of carbonyl (C=O) groups excluding carboxylic acids is 1. The molecule has 1 rings (SSSR count). The van der Waals surface area contributed by atoms with Crippen LogP contribution in [-0.4, -0.2) is 97.5 Å². The number of allylic oxidation sites excluding steroid dienone is 14. The number of aliphatic hydroxyl groups is 3. The SMILES string of the molecule is CC/C=C\C/C=C\C/C=C\C/C=C\C/C=C\C/C=C\C/C=C\CCCCCCOCC(COC1OC(CO)C(O)C(OS(=O)(=O)O)C1O)OC(=O)CCCCCC.